The number of rotatable bonds is 1. The number of aryl methyl sites for hydroxylation is 1. The van der Waals surface area contributed by atoms with E-state index in [1.165, 1.54) is 0 Å². The number of aromatic nitrogens is 1. The van der Waals surface area contributed by atoms with Gasteiger partial charge in [-0.05, 0) is 32.4 Å². The first-order valence-corrected chi connectivity index (χ1v) is 5.79. The van der Waals surface area contributed by atoms with Crippen molar-refractivity contribution in [1.82, 2.24) is 10.3 Å². The molecule has 0 amide bonds. The topological polar surface area (TPSA) is 54.2 Å². The maximum absolute atomic E-state index is 5.72. The van der Waals surface area contributed by atoms with E-state index in [-0.39, 0.29) is 0 Å². The van der Waals surface area contributed by atoms with Gasteiger partial charge in [0.05, 0.1) is 11.9 Å². The third-order valence-corrected chi connectivity index (χ3v) is 2.93. The van der Waals surface area contributed by atoms with Crippen LogP contribution >= 0.6 is 0 Å². The highest BCUT2D eigenvalue weighted by atomic mass is 15.3. The molecule has 1 aromatic rings. The Hall–Kier alpha value is -1.29. The number of nitrogens with two attached hydrogens (primary N) is 1. The zero-order chi connectivity index (χ0) is 11.7. The molecule has 88 valence electrons. The van der Waals surface area contributed by atoms with Gasteiger partial charge >= 0.3 is 0 Å². The predicted octanol–water partition coefficient (Wildman–Crippen LogP) is 1.16. The van der Waals surface area contributed by atoms with Gasteiger partial charge in [-0.3, -0.25) is 0 Å². The van der Waals surface area contributed by atoms with E-state index in [1.54, 1.807) is 6.20 Å². The summed E-state index contributed by atoms with van der Waals surface area (Å²) in [6.45, 7) is 8.48. The summed E-state index contributed by atoms with van der Waals surface area (Å²) in [5, 5.41) is 3.52. The fourth-order valence-corrected chi connectivity index (χ4v) is 2.42. The quantitative estimate of drug-likeness (QED) is 0.745. The van der Waals surface area contributed by atoms with Crippen molar-refractivity contribution in [3.05, 3.63) is 17.8 Å². The molecule has 4 nitrogen and oxygen atoms in total. The molecule has 1 aliphatic rings. The lowest BCUT2D eigenvalue weighted by Crippen LogP contribution is -2.54. The first-order valence-electron chi connectivity index (χ1n) is 5.79. The van der Waals surface area contributed by atoms with Crippen LogP contribution in [0, 0.1) is 6.92 Å². The van der Waals surface area contributed by atoms with E-state index >= 15 is 0 Å². The van der Waals surface area contributed by atoms with Crippen LogP contribution < -0.4 is 16.0 Å². The SMILES string of the molecule is Cc1cc(N)cnc1N1C[C@@H](C)N[C@@H](C)C1. The summed E-state index contributed by atoms with van der Waals surface area (Å²) in [5.74, 6) is 1.06. The van der Waals surface area contributed by atoms with E-state index in [0.29, 0.717) is 12.1 Å². The fraction of sp³-hybridized carbons (Fsp3) is 0.583. The summed E-state index contributed by atoms with van der Waals surface area (Å²) in [7, 11) is 0. The van der Waals surface area contributed by atoms with Crippen molar-refractivity contribution >= 4 is 11.5 Å². The fourth-order valence-electron chi connectivity index (χ4n) is 2.42. The van der Waals surface area contributed by atoms with Crippen LogP contribution in [0.4, 0.5) is 11.5 Å². The Balaban J connectivity index is 2.23. The lowest BCUT2D eigenvalue weighted by molar-refractivity contribution is 0.405. The molecule has 2 rings (SSSR count). The van der Waals surface area contributed by atoms with Gasteiger partial charge in [0.15, 0.2) is 0 Å². The Morgan fingerprint density at radius 1 is 1.38 bits per heavy atom. The van der Waals surface area contributed by atoms with Crippen LogP contribution in [0.2, 0.25) is 0 Å². The number of nitrogens with one attached hydrogen (secondary N) is 1. The second-order valence-corrected chi connectivity index (χ2v) is 4.78. The molecule has 0 saturated carbocycles. The number of pyridine rings is 1. The van der Waals surface area contributed by atoms with Crippen LogP contribution in [0.15, 0.2) is 12.3 Å². The standard InChI is InChI=1S/C12H20N4/c1-8-4-11(13)5-14-12(8)16-6-9(2)15-10(3)7-16/h4-5,9-10,15H,6-7,13H2,1-3H3/t9-,10+. The molecular formula is C12H20N4. The summed E-state index contributed by atoms with van der Waals surface area (Å²) in [6, 6.07) is 2.99. The molecule has 0 radical (unpaired) electrons. The molecule has 3 N–H and O–H groups in total. The van der Waals surface area contributed by atoms with Gasteiger partial charge in [-0.15, -0.1) is 0 Å². The minimum absolute atomic E-state index is 0.502. The van der Waals surface area contributed by atoms with Gasteiger partial charge in [-0.1, -0.05) is 0 Å². The molecule has 0 spiro atoms. The highest BCUT2D eigenvalue weighted by Gasteiger charge is 2.22. The van der Waals surface area contributed by atoms with Crippen molar-refractivity contribution in [1.29, 1.82) is 0 Å². The van der Waals surface area contributed by atoms with E-state index in [4.69, 9.17) is 5.73 Å². The van der Waals surface area contributed by atoms with Crippen LogP contribution in [0.1, 0.15) is 19.4 Å². The summed E-state index contributed by atoms with van der Waals surface area (Å²) in [5.41, 5.74) is 7.61. The minimum Gasteiger partial charge on any atom is -0.397 e. The molecule has 4 heteroatoms. The Morgan fingerprint density at radius 2 is 2.00 bits per heavy atom. The summed E-state index contributed by atoms with van der Waals surface area (Å²) < 4.78 is 0. The number of nitrogen functional groups attached to an aromatic ring is 1. The molecule has 1 saturated heterocycles. The second kappa shape index (κ2) is 4.29. The Kier molecular flexibility index (Phi) is 3.01. The third-order valence-electron chi connectivity index (χ3n) is 2.93. The first kappa shape index (κ1) is 11.2. The van der Waals surface area contributed by atoms with E-state index in [1.807, 2.05) is 6.07 Å². The summed E-state index contributed by atoms with van der Waals surface area (Å²) in [4.78, 5) is 6.78. The number of anilines is 2. The van der Waals surface area contributed by atoms with Crippen LogP contribution in [-0.4, -0.2) is 30.2 Å². The van der Waals surface area contributed by atoms with Crippen LogP contribution in [0.3, 0.4) is 0 Å². The molecule has 1 aliphatic heterocycles. The lowest BCUT2D eigenvalue weighted by atomic mass is 10.1. The van der Waals surface area contributed by atoms with Gasteiger partial charge in [0.25, 0.3) is 0 Å². The third kappa shape index (κ3) is 2.27. The molecule has 2 heterocycles. The van der Waals surface area contributed by atoms with Gasteiger partial charge in [0, 0.05) is 25.2 Å². The molecule has 0 unspecified atom stereocenters. The zero-order valence-electron chi connectivity index (χ0n) is 10.2. The van der Waals surface area contributed by atoms with Crippen molar-refractivity contribution in [2.45, 2.75) is 32.9 Å². The van der Waals surface area contributed by atoms with E-state index in [0.717, 1.165) is 30.2 Å². The van der Waals surface area contributed by atoms with Crippen LogP contribution in [0.5, 0.6) is 0 Å². The van der Waals surface area contributed by atoms with Crippen molar-refractivity contribution in [3.63, 3.8) is 0 Å². The summed E-state index contributed by atoms with van der Waals surface area (Å²) in [6.07, 6.45) is 1.74. The van der Waals surface area contributed by atoms with Gasteiger partial charge < -0.3 is 16.0 Å². The largest absolute Gasteiger partial charge is 0.397 e. The van der Waals surface area contributed by atoms with Gasteiger partial charge in [-0.2, -0.15) is 0 Å². The maximum Gasteiger partial charge on any atom is 0.131 e. The molecule has 1 aromatic heterocycles. The smallest absolute Gasteiger partial charge is 0.131 e. The monoisotopic (exact) mass is 220 g/mol. The Bertz CT molecular complexity index is 367. The maximum atomic E-state index is 5.72. The van der Waals surface area contributed by atoms with Crippen molar-refractivity contribution < 1.29 is 0 Å². The van der Waals surface area contributed by atoms with Crippen LogP contribution in [-0.2, 0) is 0 Å². The molecule has 0 bridgehead atoms. The first-order chi connectivity index (χ1) is 7.56. The van der Waals surface area contributed by atoms with Crippen molar-refractivity contribution in [3.8, 4) is 0 Å². The number of nitrogens with zero attached hydrogens (tertiary/aromatic N) is 2. The van der Waals surface area contributed by atoms with E-state index in [9.17, 15) is 0 Å². The van der Waals surface area contributed by atoms with E-state index < -0.39 is 0 Å². The number of piperazine rings is 1. The molecule has 0 aliphatic carbocycles. The molecule has 2 atom stereocenters. The Morgan fingerprint density at radius 3 is 2.56 bits per heavy atom. The normalized spacial score (nSPS) is 25.8. The zero-order valence-corrected chi connectivity index (χ0v) is 10.2. The average Bonchev–Trinajstić information content (AvgIpc) is 2.15. The minimum atomic E-state index is 0.502. The van der Waals surface area contributed by atoms with E-state index in [2.05, 4.69) is 36.0 Å². The molecule has 0 aromatic carbocycles. The van der Waals surface area contributed by atoms with Gasteiger partial charge in [0.2, 0.25) is 0 Å². The highest BCUT2D eigenvalue weighted by molar-refractivity contribution is 5.53. The summed E-state index contributed by atoms with van der Waals surface area (Å²) >= 11 is 0. The molecule has 16 heavy (non-hydrogen) atoms. The average molecular weight is 220 g/mol. The van der Waals surface area contributed by atoms with Crippen LogP contribution in [0.25, 0.3) is 0 Å². The van der Waals surface area contributed by atoms with Crippen molar-refractivity contribution in [2.24, 2.45) is 0 Å². The molecule has 1 fully saturated rings. The Labute approximate surface area is 96.8 Å². The van der Waals surface area contributed by atoms with Crippen molar-refractivity contribution in [2.75, 3.05) is 23.7 Å². The predicted molar refractivity (Wildman–Crippen MR) is 67.7 cm³/mol. The number of hydrogen-bond acceptors (Lipinski definition) is 4. The highest BCUT2D eigenvalue weighted by Crippen LogP contribution is 2.21. The van der Waals surface area contributed by atoms with Gasteiger partial charge in [0.1, 0.15) is 5.82 Å². The second-order valence-electron chi connectivity index (χ2n) is 4.78. The van der Waals surface area contributed by atoms with Gasteiger partial charge in [-0.25, -0.2) is 4.98 Å². The lowest BCUT2D eigenvalue weighted by Gasteiger charge is -2.37. The number of hydrogen-bond donors (Lipinski definition) is 2. The molecular weight excluding hydrogens is 200 g/mol.